The van der Waals surface area contributed by atoms with Crippen molar-refractivity contribution in [2.45, 2.75) is 69.5 Å². The Morgan fingerprint density at radius 2 is 1.86 bits per heavy atom. The van der Waals surface area contributed by atoms with Crippen LogP contribution in [0, 0.1) is 17.3 Å². The van der Waals surface area contributed by atoms with Gasteiger partial charge in [0.2, 0.25) is 11.8 Å². The molecule has 5 rings (SSSR count). The lowest BCUT2D eigenvalue weighted by Gasteiger charge is -2.41. The molecular weight excluding hydrogens is 490 g/mol. The predicted molar refractivity (Wildman–Crippen MR) is 142 cm³/mol. The fourth-order valence-electron chi connectivity index (χ4n) is 6.41. The summed E-state index contributed by atoms with van der Waals surface area (Å²) in [4.78, 5) is 40.0. The Labute approximate surface area is 223 Å². The van der Waals surface area contributed by atoms with Gasteiger partial charge in [0.15, 0.2) is 0 Å². The number of carbonyl (C=O) groups is 3. The standard InChI is InChI=1S/C27H39N5O4S/c33-23(20-16-28-22-12-14-29-32(22)17-20)30-25-27(13-15-37-25,21-10-6-1-2-7-11-21)24(34)31-26(35)36-18-19-8-4-3-5-9-19/h3-5,8-9,20-22,25,28-29H,1-2,6-7,10-18H2,(H,30,33)(H,31,34,35). The Morgan fingerprint density at radius 3 is 2.65 bits per heavy atom. The number of carbonyl (C=O) groups excluding carboxylic acids is 3. The number of imide groups is 1. The predicted octanol–water partition coefficient (Wildman–Crippen LogP) is 2.73. The second-order valence-corrected chi connectivity index (χ2v) is 11.9. The molecule has 3 saturated heterocycles. The van der Waals surface area contributed by atoms with Crippen molar-refractivity contribution in [2.24, 2.45) is 17.3 Å². The Morgan fingerprint density at radius 1 is 1.08 bits per heavy atom. The molecule has 4 N–H and O–H groups in total. The van der Waals surface area contributed by atoms with E-state index in [1.807, 2.05) is 30.3 Å². The van der Waals surface area contributed by atoms with Crippen LogP contribution in [0.2, 0.25) is 0 Å². The van der Waals surface area contributed by atoms with E-state index in [9.17, 15) is 14.4 Å². The first-order valence-corrected chi connectivity index (χ1v) is 14.8. The molecule has 3 amide bonds. The monoisotopic (exact) mass is 529 g/mol. The van der Waals surface area contributed by atoms with Crippen LogP contribution < -0.4 is 21.4 Å². The molecular formula is C27H39N5O4S. The number of benzene rings is 1. The fourth-order valence-corrected chi connectivity index (χ4v) is 8.02. The van der Waals surface area contributed by atoms with Crippen molar-refractivity contribution in [1.82, 2.24) is 26.4 Å². The first-order valence-electron chi connectivity index (χ1n) is 13.7. The van der Waals surface area contributed by atoms with Gasteiger partial charge in [0.1, 0.15) is 6.61 Å². The number of nitrogens with zero attached hydrogens (tertiary/aromatic N) is 1. The molecule has 4 fully saturated rings. The van der Waals surface area contributed by atoms with Crippen molar-refractivity contribution < 1.29 is 19.1 Å². The van der Waals surface area contributed by atoms with Crippen molar-refractivity contribution in [1.29, 1.82) is 0 Å². The summed E-state index contributed by atoms with van der Waals surface area (Å²) in [6.45, 7) is 2.29. The second kappa shape index (κ2) is 12.1. The van der Waals surface area contributed by atoms with Gasteiger partial charge in [-0.15, -0.1) is 11.8 Å². The van der Waals surface area contributed by atoms with E-state index in [1.54, 1.807) is 11.8 Å². The highest BCUT2D eigenvalue weighted by atomic mass is 32.2. The molecule has 37 heavy (non-hydrogen) atoms. The number of hydrazine groups is 1. The summed E-state index contributed by atoms with van der Waals surface area (Å²) in [5.74, 6) is 0.347. The number of nitrogens with one attached hydrogen (secondary N) is 4. The van der Waals surface area contributed by atoms with E-state index in [-0.39, 0.29) is 41.8 Å². The number of ether oxygens (including phenoxy) is 1. The van der Waals surface area contributed by atoms with Crippen LogP contribution in [-0.4, -0.2) is 59.8 Å². The van der Waals surface area contributed by atoms with Crippen molar-refractivity contribution >= 4 is 29.7 Å². The molecule has 9 nitrogen and oxygen atoms in total. The molecule has 3 heterocycles. The van der Waals surface area contributed by atoms with Crippen LogP contribution in [0.25, 0.3) is 0 Å². The zero-order chi connectivity index (χ0) is 25.7. The number of hydrogen-bond donors (Lipinski definition) is 4. The summed E-state index contributed by atoms with van der Waals surface area (Å²) in [6.07, 6.45) is 7.55. The maximum Gasteiger partial charge on any atom is 0.414 e. The maximum absolute atomic E-state index is 13.9. The van der Waals surface area contributed by atoms with Gasteiger partial charge in [0, 0.05) is 19.6 Å². The third-order valence-electron chi connectivity index (χ3n) is 8.47. The molecule has 1 aromatic rings. The Balaban J connectivity index is 1.29. The molecule has 202 valence electrons. The lowest BCUT2D eigenvalue weighted by molar-refractivity contribution is -0.136. The summed E-state index contributed by atoms with van der Waals surface area (Å²) < 4.78 is 5.38. The summed E-state index contributed by atoms with van der Waals surface area (Å²) in [7, 11) is 0. The highest BCUT2D eigenvalue weighted by Crippen LogP contribution is 2.51. The highest BCUT2D eigenvalue weighted by Gasteiger charge is 2.55. The van der Waals surface area contributed by atoms with Gasteiger partial charge in [-0.1, -0.05) is 56.0 Å². The number of thioether (sulfide) groups is 1. The van der Waals surface area contributed by atoms with Gasteiger partial charge < -0.3 is 10.1 Å². The molecule has 1 saturated carbocycles. The van der Waals surface area contributed by atoms with Crippen LogP contribution >= 0.6 is 11.8 Å². The Kier molecular flexibility index (Phi) is 8.69. The highest BCUT2D eigenvalue weighted by molar-refractivity contribution is 8.00. The third-order valence-corrected chi connectivity index (χ3v) is 9.78. The van der Waals surface area contributed by atoms with Crippen molar-refractivity contribution in [2.75, 3.05) is 25.4 Å². The van der Waals surface area contributed by atoms with Crippen LogP contribution in [-0.2, 0) is 20.9 Å². The quantitative estimate of drug-likeness (QED) is 0.417. The van der Waals surface area contributed by atoms with Crippen LogP contribution in [0.4, 0.5) is 4.79 Å². The number of alkyl carbamates (subject to hydrolysis) is 1. The molecule has 0 aromatic heterocycles. The van der Waals surface area contributed by atoms with Gasteiger partial charge >= 0.3 is 6.09 Å². The first kappa shape index (κ1) is 26.5. The van der Waals surface area contributed by atoms with Gasteiger partial charge in [-0.25, -0.2) is 9.80 Å². The average molecular weight is 530 g/mol. The van der Waals surface area contributed by atoms with Crippen LogP contribution in [0.1, 0.15) is 56.9 Å². The third kappa shape index (κ3) is 5.97. The molecule has 3 aliphatic heterocycles. The second-order valence-electron chi connectivity index (χ2n) is 10.7. The van der Waals surface area contributed by atoms with Crippen molar-refractivity contribution in [3.63, 3.8) is 0 Å². The average Bonchev–Trinajstić information content (AvgIpc) is 3.47. The molecule has 4 atom stereocenters. The van der Waals surface area contributed by atoms with Crippen LogP contribution in [0.15, 0.2) is 30.3 Å². The van der Waals surface area contributed by atoms with Gasteiger partial charge in [-0.05, 0) is 42.9 Å². The number of fused-ring (bicyclic) bond motifs is 1. The summed E-state index contributed by atoms with van der Waals surface area (Å²) in [5, 5.41) is 11.0. The van der Waals surface area contributed by atoms with E-state index >= 15 is 0 Å². The van der Waals surface area contributed by atoms with Crippen LogP contribution in [0.3, 0.4) is 0 Å². The van der Waals surface area contributed by atoms with Gasteiger partial charge in [0.25, 0.3) is 0 Å². The SMILES string of the molecule is O=C(NC(=O)C1(C2CCCCCC2)CCSC1NC(=O)C1CNC2CCNN2C1)OCc1ccccc1. The zero-order valence-corrected chi connectivity index (χ0v) is 22.2. The molecule has 0 radical (unpaired) electrons. The van der Waals surface area contributed by atoms with E-state index in [4.69, 9.17) is 4.74 Å². The van der Waals surface area contributed by atoms with Crippen LogP contribution in [0.5, 0.6) is 0 Å². The van der Waals surface area contributed by atoms with E-state index in [0.717, 1.165) is 62.8 Å². The summed E-state index contributed by atoms with van der Waals surface area (Å²) in [6, 6.07) is 9.42. The molecule has 1 aromatic carbocycles. The molecule has 0 spiro atoms. The summed E-state index contributed by atoms with van der Waals surface area (Å²) >= 11 is 1.63. The lowest BCUT2D eigenvalue weighted by Crippen LogP contribution is -2.61. The van der Waals surface area contributed by atoms with Gasteiger partial charge in [0.05, 0.1) is 22.9 Å². The maximum atomic E-state index is 13.9. The molecule has 10 heteroatoms. The summed E-state index contributed by atoms with van der Waals surface area (Å²) in [5.41, 5.74) is 3.38. The van der Waals surface area contributed by atoms with E-state index in [2.05, 4.69) is 26.4 Å². The topological polar surface area (TPSA) is 112 Å². The van der Waals surface area contributed by atoms with E-state index in [1.165, 1.54) is 0 Å². The normalized spacial score (nSPS) is 30.8. The van der Waals surface area contributed by atoms with Crippen molar-refractivity contribution in [3.05, 3.63) is 35.9 Å². The van der Waals surface area contributed by atoms with Gasteiger partial charge in [-0.2, -0.15) is 0 Å². The fraction of sp³-hybridized carbons (Fsp3) is 0.667. The molecule has 4 unspecified atom stereocenters. The largest absolute Gasteiger partial charge is 0.444 e. The Hall–Kier alpha value is -2.14. The molecule has 4 aliphatic rings. The first-order chi connectivity index (χ1) is 18.1. The van der Waals surface area contributed by atoms with E-state index < -0.39 is 11.5 Å². The molecule has 1 aliphatic carbocycles. The minimum atomic E-state index is -0.826. The number of rotatable bonds is 6. The smallest absolute Gasteiger partial charge is 0.414 e. The lowest BCUT2D eigenvalue weighted by atomic mass is 9.68. The minimum absolute atomic E-state index is 0.0310. The minimum Gasteiger partial charge on any atom is -0.444 e. The number of hydrogen-bond acceptors (Lipinski definition) is 8. The van der Waals surface area contributed by atoms with Gasteiger partial charge in [-0.3, -0.25) is 25.6 Å². The zero-order valence-electron chi connectivity index (χ0n) is 21.4. The van der Waals surface area contributed by atoms with Crippen molar-refractivity contribution in [3.8, 4) is 0 Å². The molecule has 0 bridgehead atoms. The Bertz CT molecular complexity index is 957. The van der Waals surface area contributed by atoms with E-state index in [0.29, 0.717) is 19.5 Å². The number of amides is 3.